The van der Waals surface area contributed by atoms with Gasteiger partial charge >= 0.3 is 0 Å². The van der Waals surface area contributed by atoms with Crippen molar-refractivity contribution in [2.75, 3.05) is 5.32 Å². The maximum atomic E-state index is 13.0. The summed E-state index contributed by atoms with van der Waals surface area (Å²) in [5.41, 5.74) is 2.97. The third-order valence-corrected chi connectivity index (χ3v) is 6.99. The Morgan fingerprint density at radius 2 is 1.97 bits per heavy atom. The van der Waals surface area contributed by atoms with Gasteiger partial charge in [-0.15, -0.1) is 0 Å². The molecule has 2 heterocycles. The molecule has 2 aromatic carbocycles. The van der Waals surface area contributed by atoms with E-state index in [1.165, 1.54) is 18.5 Å². The van der Waals surface area contributed by atoms with E-state index in [-0.39, 0.29) is 16.4 Å². The number of anilines is 1. The number of nitrogens with one attached hydrogen (secondary N) is 2. The van der Waals surface area contributed by atoms with E-state index in [0.717, 1.165) is 26.9 Å². The van der Waals surface area contributed by atoms with E-state index >= 15 is 0 Å². The predicted octanol–water partition coefficient (Wildman–Crippen LogP) is 4.97. The fourth-order valence-electron chi connectivity index (χ4n) is 3.34. The smallest absolute Gasteiger partial charge is 0.267 e. The van der Waals surface area contributed by atoms with Crippen LogP contribution in [0, 0.1) is 0 Å². The molecule has 30 heavy (non-hydrogen) atoms. The second kappa shape index (κ2) is 7.84. The summed E-state index contributed by atoms with van der Waals surface area (Å²) in [5, 5.41) is 3.66. The number of H-pyrrole nitrogens is 1. The lowest BCUT2D eigenvalue weighted by Gasteiger charge is -2.11. The van der Waals surface area contributed by atoms with E-state index in [2.05, 4.69) is 24.1 Å². The molecule has 154 valence electrons. The van der Waals surface area contributed by atoms with Gasteiger partial charge in [0, 0.05) is 35.2 Å². The zero-order valence-corrected chi connectivity index (χ0v) is 17.6. The van der Waals surface area contributed by atoms with E-state index < -0.39 is 10.0 Å². The molecule has 0 aliphatic carbocycles. The molecular formula is C23H23N3O3S. The molecule has 2 N–H and O–H groups in total. The predicted molar refractivity (Wildman–Crippen MR) is 118 cm³/mol. The molecule has 0 spiro atoms. The lowest BCUT2D eigenvalue weighted by Crippen LogP contribution is -2.13. The minimum absolute atomic E-state index is 0.165. The molecule has 1 amide bonds. The van der Waals surface area contributed by atoms with Crippen molar-refractivity contribution in [3.05, 3.63) is 84.3 Å². The molecule has 4 aromatic rings. The summed E-state index contributed by atoms with van der Waals surface area (Å²) in [4.78, 5) is 15.9. The van der Waals surface area contributed by atoms with Crippen molar-refractivity contribution in [3.63, 3.8) is 0 Å². The Kier molecular flexibility index (Phi) is 5.22. The van der Waals surface area contributed by atoms with Crippen LogP contribution in [0.5, 0.6) is 0 Å². The van der Waals surface area contributed by atoms with Crippen LogP contribution in [0.15, 0.2) is 78.1 Å². The van der Waals surface area contributed by atoms with Gasteiger partial charge in [0.05, 0.1) is 10.5 Å². The molecule has 1 unspecified atom stereocenters. The average molecular weight is 422 g/mol. The summed E-state index contributed by atoms with van der Waals surface area (Å²) in [6.45, 7) is 4.25. The number of rotatable bonds is 6. The first kappa shape index (κ1) is 20.0. The highest BCUT2D eigenvalue weighted by molar-refractivity contribution is 7.90. The summed E-state index contributed by atoms with van der Waals surface area (Å²) in [7, 11) is -3.79. The van der Waals surface area contributed by atoms with Gasteiger partial charge in [-0.25, -0.2) is 12.4 Å². The summed E-state index contributed by atoms with van der Waals surface area (Å²) >= 11 is 0. The number of aromatic nitrogens is 2. The first-order valence-corrected chi connectivity index (χ1v) is 11.2. The van der Waals surface area contributed by atoms with Crippen LogP contribution in [0.1, 0.15) is 42.1 Å². The molecule has 0 saturated heterocycles. The molecule has 0 bridgehead atoms. The Morgan fingerprint density at radius 3 is 2.77 bits per heavy atom. The summed E-state index contributed by atoms with van der Waals surface area (Å²) < 4.78 is 27.0. The van der Waals surface area contributed by atoms with E-state index in [4.69, 9.17) is 0 Å². The third-order valence-electron chi connectivity index (χ3n) is 5.36. The van der Waals surface area contributed by atoms with Gasteiger partial charge in [-0.05, 0) is 60.4 Å². The van der Waals surface area contributed by atoms with Crippen molar-refractivity contribution in [2.24, 2.45) is 0 Å². The lowest BCUT2D eigenvalue weighted by molar-refractivity contribution is 0.102. The van der Waals surface area contributed by atoms with Crippen molar-refractivity contribution >= 4 is 32.5 Å². The Hall–Kier alpha value is -3.32. The second-order valence-electron chi connectivity index (χ2n) is 7.35. The van der Waals surface area contributed by atoms with E-state index in [9.17, 15) is 13.2 Å². The third kappa shape index (κ3) is 3.76. The molecule has 0 fully saturated rings. The highest BCUT2D eigenvalue weighted by Crippen LogP contribution is 2.23. The molecule has 0 radical (unpaired) electrons. The largest absolute Gasteiger partial charge is 0.361 e. The van der Waals surface area contributed by atoms with Gasteiger partial charge in [-0.2, -0.15) is 0 Å². The minimum Gasteiger partial charge on any atom is -0.361 e. The average Bonchev–Trinajstić information content (AvgIpc) is 3.42. The van der Waals surface area contributed by atoms with Crippen molar-refractivity contribution in [1.82, 2.24) is 8.96 Å². The second-order valence-corrected chi connectivity index (χ2v) is 9.19. The zero-order valence-electron chi connectivity index (χ0n) is 16.8. The molecule has 1 atom stereocenters. The Morgan fingerprint density at radius 1 is 1.13 bits per heavy atom. The summed E-state index contributed by atoms with van der Waals surface area (Å²) in [5.74, 6) is 0.0387. The molecule has 4 rings (SSSR count). The van der Waals surface area contributed by atoms with Gasteiger partial charge in [-0.1, -0.05) is 26.0 Å². The molecule has 6 nitrogen and oxygen atoms in total. The standard InChI is InChI=1S/C23H23N3O3S/c1-3-16(2)17-5-4-6-20(13-17)25-23(27)19-10-12-26(15-19)30(28,29)21-7-8-22-18(14-21)9-11-24-22/h4-16,24H,3H2,1-2H3,(H,25,27). The fourth-order valence-corrected chi connectivity index (χ4v) is 4.57. The highest BCUT2D eigenvalue weighted by Gasteiger charge is 2.19. The van der Waals surface area contributed by atoms with Gasteiger partial charge in [-0.3, -0.25) is 4.79 Å². The molecule has 0 aliphatic heterocycles. The van der Waals surface area contributed by atoms with E-state index in [0.29, 0.717) is 11.6 Å². The van der Waals surface area contributed by atoms with Gasteiger partial charge in [0.25, 0.3) is 15.9 Å². The monoisotopic (exact) mass is 421 g/mol. The number of aromatic amines is 1. The Bertz CT molecular complexity index is 1320. The van der Waals surface area contributed by atoms with Crippen molar-refractivity contribution in [2.45, 2.75) is 31.1 Å². The number of hydrogen-bond acceptors (Lipinski definition) is 3. The number of nitrogens with zero attached hydrogens (tertiary/aromatic N) is 1. The highest BCUT2D eigenvalue weighted by atomic mass is 32.2. The number of fused-ring (bicyclic) bond motifs is 1. The van der Waals surface area contributed by atoms with Crippen LogP contribution in [-0.2, 0) is 10.0 Å². The van der Waals surface area contributed by atoms with Crippen LogP contribution >= 0.6 is 0 Å². The topological polar surface area (TPSA) is 84.0 Å². The molecule has 2 aromatic heterocycles. The summed E-state index contributed by atoms with van der Waals surface area (Å²) in [6, 6.07) is 15.9. The van der Waals surface area contributed by atoms with Gasteiger partial charge in [0.15, 0.2) is 0 Å². The molecule has 7 heteroatoms. The van der Waals surface area contributed by atoms with Crippen molar-refractivity contribution < 1.29 is 13.2 Å². The quantitative estimate of drug-likeness (QED) is 0.461. The number of amides is 1. The first-order chi connectivity index (χ1) is 14.4. The summed E-state index contributed by atoms with van der Waals surface area (Å²) in [6.07, 6.45) is 5.49. The zero-order chi connectivity index (χ0) is 21.3. The van der Waals surface area contributed by atoms with Gasteiger partial charge < -0.3 is 10.3 Å². The Balaban J connectivity index is 1.56. The fraction of sp³-hybridized carbons (Fsp3) is 0.174. The SMILES string of the molecule is CCC(C)c1cccc(NC(=O)c2ccn(S(=O)(=O)c3ccc4[nH]ccc4c3)c2)c1. The van der Waals surface area contributed by atoms with Crippen LogP contribution in [-0.4, -0.2) is 23.3 Å². The lowest BCUT2D eigenvalue weighted by atomic mass is 9.98. The van der Waals surface area contributed by atoms with E-state index in [1.54, 1.807) is 24.4 Å². The van der Waals surface area contributed by atoms with E-state index in [1.807, 2.05) is 30.3 Å². The van der Waals surface area contributed by atoms with Crippen LogP contribution in [0.25, 0.3) is 10.9 Å². The van der Waals surface area contributed by atoms with Gasteiger partial charge in [0.1, 0.15) is 0 Å². The number of carbonyl (C=O) groups is 1. The maximum Gasteiger partial charge on any atom is 0.267 e. The van der Waals surface area contributed by atoms with Crippen molar-refractivity contribution in [3.8, 4) is 0 Å². The molecule has 0 saturated carbocycles. The van der Waals surface area contributed by atoms with Crippen LogP contribution in [0.4, 0.5) is 5.69 Å². The van der Waals surface area contributed by atoms with Crippen LogP contribution in [0.3, 0.4) is 0 Å². The van der Waals surface area contributed by atoms with Gasteiger partial charge in [0.2, 0.25) is 0 Å². The number of carbonyl (C=O) groups excluding carboxylic acids is 1. The minimum atomic E-state index is -3.79. The first-order valence-electron chi connectivity index (χ1n) is 9.80. The molecular weight excluding hydrogens is 398 g/mol. The molecule has 0 aliphatic rings. The normalized spacial score (nSPS) is 12.7. The number of benzene rings is 2. The number of hydrogen-bond donors (Lipinski definition) is 2. The Labute approximate surface area is 175 Å². The van der Waals surface area contributed by atoms with Crippen LogP contribution < -0.4 is 5.32 Å². The van der Waals surface area contributed by atoms with Crippen LogP contribution in [0.2, 0.25) is 0 Å². The maximum absolute atomic E-state index is 13.0. The van der Waals surface area contributed by atoms with Crippen molar-refractivity contribution in [1.29, 1.82) is 0 Å².